The van der Waals surface area contributed by atoms with E-state index in [0.29, 0.717) is 12.0 Å². The van der Waals surface area contributed by atoms with Gasteiger partial charge < -0.3 is 37.0 Å². The second-order valence-electron chi connectivity index (χ2n) is 9.05. The summed E-state index contributed by atoms with van der Waals surface area (Å²) in [5.74, 6) is -4.96. The van der Waals surface area contributed by atoms with Gasteiger partial charge >= 0.3 is 11.9 Å². The average molecular weight is 509 g/mol. The zero-order valence-corrected chi connectivity index (χ0v) is 20.6. The topological polar surface area (TPSA) is 208 Å². The van der Waals surface area contributed by atoms with Crippen LogP contribution in [0.25, 0.3) is 0 Å². The van der Waals surface area contributed by atoms with Crippen LogP contribution in [0.5, 0.6) is 0 Å². The van der Waals surface area contributed by atoms with Gasteiger partial charge in [0.05, 0.1) is 12.1 Å². The highest BCUT2D eigenvalue weighted by Crippen LogP contribution is 2.07. The number of aliphatic hydroxyl groups is 1. The standard InChI is InChI=1S/C24H36N4O8/c1-13(2)11-16(25)21(32)26-17(9-10-19(30)31)22(33)28-20(14(3)29)23(34)27-18(24(35)36)12-15-7-5-4-6-8-15/h4-8,13-14,16-18,20,29H,9-12,25H2,1-3H3,(H,26,32)(H,27,34)(H,28,33)(H,30,31)(H,35,36). The number of aliphatic hydroxyl groups excluding tert-OH is 1. The number of carboxylic acid groups (broad SMARTS) is 2. The molecule has 5 atom stereocenters. The largest absolute Gasteiger partial charge is 0.481 e. The highest BCUT2D eigenvalue weighted by molar-refractivity contribution is 5.94. The van der Waals surface area contributed by atoms with Crippen LogP contribution in [0.2, 0.25) is 0 Å². The van der Waals surface area contributed by atoms with E-state index in [1.165, 1.54) is 6.92 Å². The summed E-state index contributed by atoms with van der Waals surface area (Å²) in [5, 5.41) is 35.7. The van der Waals surface area contributed by atoms with Gasteiger partial charge in [-0.15, -0.1) is 0 Å². The molecule has 0 heterocycles. The minimum atomic E-state index is -1.57. The van der Waals surface area contributed by atoms with Crippen LogP contribution >= 0.6 is 0 Å². The van der Waals surface area contributed by atoms with Crippen molar-refractivity contribution >= 4 is 29.7 Å². The van der Waals surface area contributed by atoms with Crippen molar-refractivity contribution in [2.45, 2.75) is 76.7 Å². The van der Waals surface area contributed by atoms with E-state index < -0.39 is 66.4 Å². The molecule has 0 aliphatic heterocycles. The maximum absolute atomic E-state index is 12.9. The molecule has 0 saturated carbocycles. The normalized spacial score (nSPS) is 15.2. The van der Waals surface area contributed by atoms with Gasteiger partial charge in [-0.1, -0.05) is 44.2 Å². The fraction of sp³-hybridized carbons (Fsp3) is 0.542. The number of amides is 3. The average Bonchev–Trinajstić information content (AvgIpc) is 2.79. The Morgan fingerprint density at radius 2 is 1.44 bits per heavy atom. The predicted octanol–water partition coefficient (Wildman–Crippen LogP) is -0.613. The summed E-state index contributed by atoms with van der Waals surface area (Å²) in [7, 11) is 0. The number of benzene rings is 1. The van der Waals surface area contributed by atoms with E-state index >= 15 is 0 Å². The number of nitrogens with two attached hydrogens (primary N) is 1. The monoisotopic (exact) mass is 508 g/mol. The van der Waals surface area contributed by atoms with Crippen molar-refractivity contribution in [2.75, 3.05) is 0 Å². The minimum Gasteiger partial charge on any atom is -0.481 e. The van der Waals surface area contributed by atoms with E-state index in [1.54, 1.807) is 30.3 Å². The van der Waals surface area contributed by atoms with Crippen LogP contribution in [-0.4, -0.2) is 75.3 Å². The maximum Gasteiger partial charge on any atom is 0.326 e. The van der Waals surface area contributed by atoms with Crippen molar-refractivity contribution in [3.63, 3.8) is 0 Å². The van der Waals surface area contributed by atoms with Crippen molar-refractivity contribution in [3.8, 4) is 0 Å². The van der Waals surface area contributed by atoms with E-state index in [1.807, 2.05) is 13.8 Å². The summed E-state index contributed by atoms with van der Waals surface area (Å²) in [6.45, 7) is 4.94. The molecule has 0 fully saturated rings. The molecule has 1 rings (SSSR count). The lowest BCUT2D eigenvalue weighted by Gasteiger charge is -2.26. The molecule has 3 amide bonds. The van der Waals surface area contributed by atoms with Gasteiger partial charge in [-0.2, -0.15) is 0 Å². The van der Waals surface area contributed by atoms with Crippen LogP contribution in [0.15, 0.2) is 30.3 Å². The van der Waals surface area contributed by atoms with Crippen LogP contribution in [0.4, 0.5) is 0 Å². The van der Waals surface area contributed by atoms with E-state index in [9.17, 15) is 34.2 Å². The molecule has 12 heteroatoms. The van der Waals surface area contributed by atoms with Gasteiger partial charge in [-0.3, -0.25) is 19.2 Å². The Bertz CT molecular complexity index is 907. The van der Waals surface area contributed by atoms with E-state index in [0.717, 1.165) is 0 Å². The third kappa shape index (κ3) is 10.8. The van der Waals surface area contributed by atoms with Crippen LogP contribution in [0.1, 0.15) is 45.6 Å². The van der Waals surface area contributed by atoms with Crippen LogP contribution in [0.3, 0.4) is 0 Å². The molecule has 0 spiro atoms. The quantitative estimate of drug-likeness (QED) is 0.161. The number of hydrogen-bond donors (Lipinski definition) is 7. The highest BCUT2D eigenvalue weighted by Gasteiger charge is 2.33. The predicted molar refractivity (Wildman–Crippen MR) is 130 cm³/mol. The van der Waals surface area contributed by atoms with Crippen molar-refractivity contribution in [3.05, 3.63) is 35.9 Å². The third-order valence-electron chi connectivity index (χ3n) is 5.30. The number of aliphatic carboxylic acids is 2. The fourth-order valence-electron chi connectivity index (χ4n) is 3.40. The summed E-state index contributed by atoms with van der Waals surface area (Å²) < 4.78 is 0. The first kappa shape index (κ1) is 30.5. The van der Waals surface area contributed by atoms with Crippen molar-refractivity contribution < 1.29 is 39.3 Å². The van der Waals surface area contributed by atoms with E-state index in [4.69, 9.17) is 10.8 Å². The first-order valence-corrected chi connectivity index (χ1v) is 11.6. The Balaban J connectivity index is 2.98. The van der Waals surface area contributed by atoms with Crippen LogP contribution < -0.4 is 21.7 Å². The molecule has 1 aromatic rings. The van der Waals surface area contributed by atoms with Gasteiger partial charge in [-0.25, -0.2) is 4.79 Å². The molecule has 0 aromatic heterocycles. The third-order valence-corrected chi connectivity index (χ3v) is 5.30. The summed E-state index contributed by atoms with van der Waals surface area (Å²) >= 11 is 0. The molecule has 36 heavy (non-hydrogen) atoms. The zero-order valence-electron chi connectivity index (χ0n) is 20.6. The number of carboxylic acids is 2. The van der Waals surface area contributed by atoms with Gasteiger partial charge in [0.15, 0.2) is 0 Å². The molecule has 0 saturated heterocycles. The molecule has 0 bridgehead atoms. The lowest BCUT2D eigenvalue weighted by atomic mass is 10.0. The molecule has 0 radical (unpaired) electrons. The molecule has 5 unspecified atom stereocenters. The summed E-state index contributed by atoms with van der Waals surface area (Å²) in [6, 6.07) is 3.38. The molecule has 12 nitrogen and oxygen atoms in total. The number of carbonyl (C=O) groups is 5. The summed E-state index contributed by atoms with van der Waals surface area (Å²) in [6.07, 6.45) is -1.88. The molecule has 0 aliphatic carbocycles. The van der Waals surface area contributed by atoms with Gasteiger partial charge in [0, 0.05) is 12.8 Å². The Morgan fingerprint density at radius 3 is 1.94 bits per heavy atom. The van der Waals surface area contributed by atoms with Crippen molar-refractivity contribution in [1.82, 2.24) is 16.0 Å². The van der Waals surface area contributed by atoms with E-state index in [-0.39, 0.29) is 18.8 Å². The maximum atomic E-state index is 12.9. The van der Waals surface area contributed by atoms with Gasteiger partial charge in [0.25, 0.3) is 0 Å². The molecule has 0 aliphatic rings. The molecule has 200 valence electrons. The van der Waals surface area contributed by atoms with E-state index in [2.05, 4.69) is 16.0 Å². The van der Waals surface area contributed by atoms with Gasteiger partial charge in [0.1, 0.15) is 18.1 Å². The first-order valence-electron chi connectivity index (χ1n) is 11.6. The lowest BCUT2D eigenvalue weighted by molar-refractivity contribution is -0.143. The second-order valence-corrected chi connectivity index (χ2v) is 9.05. The number of carbonyl (C=O) groups excluding carboxylic acids is 3. The Kier molecular flexibility index (Phi) is 12.5. The summed E-state index contributed by atoms with van der Waals surface area (Å²) in [5.41, 5.74) is 6.50. The smallest absolute Gasteiger partial charge is 0.326 e. The highest BCUT2D eigenvalue weighted by atomic mass is 16.4. The minimum absolute atomic E-state index is 0.0343. The fourth-order valence-corrected chi connectivity index (χ4v) is 3.40. The Morgan fingerprint density at radius 1 is 0.861 bits per heavy atom. The number of hydrogen-bond acceptors (Lipinski definition) is 7. The van der Waals surface area contributed by atoms with Crippen molar-refractivity contribution in [1.29, 1.82) is 0 Å². The summed E-state index contributed by atoms with van der Waals surface area (Å²) in [4.78, 5) is 60.9. The van der Waals surface area contributed by atoms with Gasteiger partial charge in [-0.05, 0) is 31.2 Å². The Hall–Kier alpha value is -3.51. The zero-order chi connectivity index (χ0) is 27.4. The molecular formula is C24H36N4O8. The Labute approximate surface area is 209 Å². The van der Waals surface area contributed by atoms with Crippen molar-refractivity contribution in [2.24, 2.45) is 11.7 Å². The molecule has 1 aromatic carbocycles. The van der Waals surface area contributed by atoms with Crippen LogP contribution in [0, 0.1) is 5.92 Å². The van der Waals surface area contributed by atoms with Gasteiger partial charge in [0.2, 0.25) is 17.7 Å². The molecular weight excluding hydrogens is 472 g/mol. The number of rotatable bonds is 15. The number of nitrogens with one attached hydrogen (secondary N) is 3. The second kappa shape index (κ2) is 14.8. The lowest BCUT2D eigenvalue weighted by Crippen LogP contribution is -2.60. The SMILES string of the molecule is CC(C)CC(N)C(=O)NC(CCC(=O)O)C(=O)NC(C(=O)NC(Cc1ccccc1)C(=O)O)C(C)O. The molecule has 8 N–H and O–H groups in total. The van der Waals surface area contributed by atoms with Crippen LogP contribution in [-0.2, 0) is 30.4 Å². The first-order chi connectivity index (χ1) is 16.8.